The summed E-state index contributed by atoms with van der Waals surface area (Å²) >= 11 is 0. The minimum absolute atomic E-state index is 0.151. The Morgan fingerprint density at radius 1 is 1.17 bits per heavy atom. The first kappa shape index (κ1) is 25.2. The number of hydrogen-bond acceptors (Lipinski definition) is 4. The minimum Gasteiger partial charge on any atom is -0.444 e. The van der Waals surface area contributed by atoms with E-state index in [4.69, 9.17) is 4.74 Å². The first-order chi connectivity index (χ1) is 13.8. The average molecular weight is 418 g/mol. The van der Waals surface area contributed by atoms with Crippen molar-refractivity contribution in [2.45, 2.75) is 65.5 Å². The number of hydrogen-bond donors (Lipinski definition) is 3. The monoisotopic (exact) mass is 417 g/mol. The Kier molecular flexibility index (Phi) is 9.08. The van der Waals surface area contributed by atoms with E-state index in [1.165, 1.54) is 6.08 Å². The lowest BCUT2D eigenvalue weighted by molar-refractivity contribution is -0.122. The number of benzene rings is 1. The molecule has 1 unspecified atom stereocenters. The zero-order valence-electron chi connectivity index (χ0n) is 18.9. The van der Waals surface area contributed by atoms with Crippen molar-refractivity contribution in [2.24, 2.45) is 5.92 Å². The maximum Gasteiger partial charge on any atom is 0.407 e. The van der Waals surface area contributed by atoms with Crippen LogP contribution in [0.15, 0.2) is 36.9 Å². The molecule has 7 heteroatoms. The van der Waals surface area contributed by atoms with E-state index in [2.05, 4.69) is 36.4 Å². The van der Waals surface area contributed by atoms with Gasteiger partial charge in [-0.2, -0.15) is 0 Å². The van der Waals surface area contributed by atoms with Crippen LogP contribution in [-0.2, 0) is 20.7 Å². The summed E-state index contributed by atoms with van der Waals surface area (Å²) in [5.41, 5.74) is 0.146. The van der Waals surface area contributed by atoms with Crippen molar-refractivity contribution in [1.82, 2.24) is 10.6 Å². The number of carbonyl (C=O) groups is 3. The summed E-state index contributed by atoms with van der Waals surface area (Å²) in [5, 5.41) is 8.49. The fourth-order valence-corrected chi connectivity index (χ4v) is 3.17. The molecule has 3 N–H and O–H groups in total. The van der Waals surface area contributed by atoms with Gasteiger partial charge in [-0.15, -0.1) is 0 Å². The van der Waals surface area contributed by atoms with E-state index in [-0.39, 0.29) is 24.8 Å². The topological polar surface area (TPSA) is 96.5 Å². The molecule has 30 heavy (non-hydrogen) atoms. The van der Waals surface area contributed by atoms with E-state index in [0.29, 0.717) is 18.0 Å². The van der Waals surface area contributed by atoms with Crippen molar-refractivity contribution >= 4 is 23.6 Å². The second kappa shape index (κ2) is 10.8. The van der Waals surface area contributed by atoms with Gasteiger partial charge >= 0.3 is 6.09 Å². The molecular formula is C23H35N3O4. The summed E-state index contributed by atoms with van der Waals surface area (Å²) in [6.07, 6.45) is 1.51. The lowest BCUT2D eigenvalue weighted by Gasteiger charge is -2.33. The second-order valence-corrected chi connectivity index (χ2v) is 9.13. The van der Waals surface area contributed by atoms with Crippen LogP contribution in [0, 0.1) is 5.92 Å². The smallest absolute Gasteiger partial charge is 0.407 e. The normalized spacial score (nSPS) is 13.2. The van der Waals surface area contributed by atoms with Crippen molar-refractivity contribution in [3.05, 3.63) is 42.5 Å². The highest BCUT2D eigenvalue weighted by molar-refractivity contribution is 5.98. The molecule has 0 saturated carbocycles. The van der Waals surface area contributed by atoms with Crippen molar-refractivity contribution < 1.29 is 19.1 Å². The van der Waals surface area contributed by atoms with E-state index in [0.717, 1.165) is 5.56 Å². The SMILES string of the molecule is C=CC(=O)Nc1cccc(CC(=O)NC(C)(CNC(=O)OC(C)(C)C)CC(C)C)c1. The first-order valence-corrected chi connectivity index (χ1v) is 10.1. The molecule has 0 bridgehead atoms. The predicted molar refractivity (Wildman–Crippen MR) is 119 cm³/mol. The fourth-order valence-electron chi connectivity index (χ4n) is 3.17. The van der Waals surface area contributed by atoms with Crippen LogP contribution >= 0.6 is 0 Å². The second-order valence-electron chi connectivity index (χ2n) is 9.13. The number of amides is 3. The van der Waals surface area contributed by atoms with Crippen LogP contribution in [0.2, 0.25) is 0 Å². The van der Waals surface area contributed by atoms with Crippen LogP contribution in [0.5, 0.6) is 0 Å². The Labute approximate surface area is 179 Å². The molecule has 0 aliphatic carbocycles. The molecule has 1 aromatic rings. The molecule has 166 valence electrons. The van der Waals surface area contributed by atoms with E-state index in [9.17, 15) is 14.4 Å². The summed E-state index contributed by atoms with van der Waals surface area (Å²) < 4.78 is 5.29. The van der Waals surface area contributed by atoms with Gasteiger partial charge in [0.25, 0.3) is 0 Å². The molecule has 1 atom stereocenters. The average Bonchev–Trinajstić information content (AvgIpc) is 2.58. The first-order valence-electron chi connectivity index (χ1n) is 10.1. The number of nitrogens with one attached hydrogen (secondary N) is 3. The van der Waals surface area contributed by atoms with Gasteiger partial charge in [0.2, 0.25) is 11.8 Å². The number of anilines is 1. The highest BCUT2D eigenvalue weighted by atomic mass is 16.6. The minimum atomic E-state index is -0.628. The number of ether oxygens (including phenoxy) is 1. The van der Waals surface area contributed by atoms with Gasteiger partial charge < -0.3 is 20.7 Å². The standard InChI is InChI=1S/C23H35N3O4/c1-8-19(27)25-18-11-9-10-17(12-18)13-20(28)26-23(7,14-16(2)3)15-24-21(29)30-22(4,5)6/h8-12,16H,1,13-15H2,2-7H3,(H,24,29)(H,25,27)(H,26,28). The zero-order valence-corrected chi connectivity index (χ0v) is 18.9. The number of alkyl carbamates (subject to hydrolysis) is 1. The lowest BCUT2D eigenvalue weighted by atomic mass is 9.90. The van der Waals surface area contributed by atoms with Crippen molar-refractivity contribution in [1.29, 1.82) is 0 Å². The lowest BCUT2D eigenvalue weighted by Crippen LogP contribution is -2.55. The fraction of sp³-hybridized carbons (Fsp3) is 0.522. The Bertz CT molecular complexity index is 768. The highest BCUT2D eigenvalue weighted by Gasteiger charge is 2.29. The summed E-state index contributed by atoms with van der Waals surface area (Å²) in [6.45, 7) is 15.1. The van der Waals surface area contributed by atoms with Crippen molar-refractivity contribution in [3.63, 3.8) is 0 Å². The number of rotatable bonds is 9. The molecular weight excluding hydrogens is 382 g/mol. The van der Waals surface area contributed by atoms with E-state index < -0.39 is 17.2 Å². The van der Waals surface area contributed by atoms with Crippen LogP contribution in [0.3, 0.4) is 0 Å². The molecule has 0 heterocycles. The summed E-state index contributed by atoms with van der Waals surface area (Å²) in [6, 6.07) is 7.09. The van der Waals surface area contributed by atoms with Crippen LogP contribution in [-0.4, -0.2) is 35.6 Å². The molecule has 1 aromatic carbocycles. The zero-order chi connectivity index (χ0) is 22.9. The van der Waals surface area contributed by atoms with E-state index in [1.807, 2.05) is 13.0 Å². The molecule has 0 saturated heterocycles. The van der Waals surface area contributed by atoms with Gasteiger partial charge in [-0.3, -0.25) is 9.59 Å². The Balaban J connectivity index is 2.78. The van der Waals surface area contributed by atoms with E-state index >= 15 is 0 Å². The number of carbonyl (C=O) groups excluding carboxylic acids is 3. The van der Waals surface area contributed by atoms with Gasteiger partial charge in [0, 0.05) is 12.2 Å². The molecule has 3 amide bonds. The van der Waals surface area contributed by atoms with Crippen LogP contribution in [0.25, 0.3) is 0 Å². The largest absolute Gasteiger partial charge is 0.444 e. The third kappa shape index (κ3) is 10.1. The molecule has 0 aliphatic rings. The third-order valence-corrected chi connectivity index (χ3v) is 4.07. The van der Waals surface area contributed by atoms with Gasteiger partial charge in [-0.05, 0) is 63.8 Å². The van der Waals surface area contributed by atoms with Crippen LogP contribution in [0.4, 0.5) is 10.5 Å². The van der Waals surface area contributed by atoms with Gasteiger partial charge in [-0.25, -0.2) is 4.79 Å². The maximum absolute atomic E-state index is 12.7. The molecule has 7 nitrogen and oxygen atoms in total. The quantitative estimate of drug-likeness (QED) is 0.533. The predicted octanol–water partition coefficient (Wildman–Crippen LogP) is 3.80. The van der Waals surface area contributed by atoms with E-state index in [1.54, 1.807) is 39.0 Å². The van der Waals surface area contributed by atoms with Crippen molar-refractivity contribution in [3.8, 4) is 0 Å². The van der Waals surface area contributed by atoms with Crippen molar-refractivity contribution in [2.75, 3.05) is 11.9 Å². The Morgan fingerprint density at radius 3 is 2.40 bits per heavy atom. The van der Waals surface area contributed by atoms with Gasteiger partial charge in [0.1, 0.15) is 5.60 Å². The summed E-state index contributed by atoms with van der Waals surface area (Å²) in [5.74, 6) is -0.168. The van der Waals surface area contributed by atoms with Crippen LogP contribution in [0.1, 0.15) is 53.5 Å². The molecule has 0 aromatic heterocycles. The van der Waals surface area contributed by atoms with Gasteiger partial charge in [-0.1, -0.05) is 32.6 Å². The molecule has 0 aliphatic heterocycles. The maximum atomic E-state index is 12.7. The Morgan fingerprint density at radius 2 is 1.83 bits per heavy atom. The summed E-state index contributed by atoms with van der Waals surface area (Å²) in [4.78, 5) is 36.2. The molecule has 0 radical (unpaired) electrons. The molecule has 0 fully saturated rings. The molecule has 0 spiro atoms. The summed E-state index contributed by atoms with van der Waals surface area (Å²) in [7, 11) is 0. The molecule has 1 rings (SSSR count). The highest BCUT2D eigenvalue weighted by Crippen LogP contribution is 2.18. The van der Waals surface area contributed by atoms with Gasteiger partial charge in [0.05, 0.1) is 12.0 Å². The Hall–Kier alpha value is -2.83. The van der Waals surface area contributed by atoms with Gasteiger partial charge in [0.15, 0.2) is 0 Å². The third-order valence-electron chi connectivity index (χ3n) is 4.07. The van der Waals surface area contributed by atoms with Crippen LogP contribution < -0.4 is 16.0 Å².